The zero-order valence-electron chi connectivity index (χ0n) is 12.2. The fraction of sp³-hybridized carbons (Fsp3) is 0.929. The van der Waals surface area contributed by atoms with Gasteiger partial charge in [-0.15, -0.1) is 0 Å². The van der Waals surface area contributed by atoms with Gasteiger partial charge in [0.05, 0.1) is 0 Å². The molecule has 0 fully saturated rings. The first kappa shape index (κ1) is 17.6. The molecule has 4 heteroatoms. The smallest absolute Gasteiger partial charge is 0.160 e. The zero-order chi connectivity index (χ0) is 13.6. The number of Topliss-reactive ketones (excluding diaryl/α,β-unsaturated/α-hetero) is 1. The summed E-state index contributed by atoms with van der Waals surface area (Å²) in [6, 6.07) is 0. The van der Waals surface area contributed by atoms with Crippen LogP contribution in [0.5, 0.6) is 0 Å². The first-order valence-corrected chi connectivity index (χ1v) is 7.01. The van der Waals surface area contributed by atoms with E-state index in [-0.39, 0.29) is 18.3 Å². The highest BCUT2D eigenvalue weighted by atomic mass is 16.5. The summed E-state index contributed by atoms with van der Waals surface area (Å²) in [5.41, 5.74) is 0. The van der Waals surface area contributed by atoms with Crippen molar-refractivity contribution in [3.8, 4) is 0 Å². The molecule has 0 aliphatic rings. The van der Waals surface area contributed by atoms with Crippen molar-refractivity contribution in [1.82, 2.24) is 5.32 Å². The molecule has 18 heavy (non-hydrogen) atoms. The Morgan fingerprint density at radius 1 is 1.00 bits per heavy atom. The topological polar surface area (TPSA) is 47.6 Å². The van der Waals surface area contributed by atoms with Crippen molar-refractivity contribution < 1.29 is 14.3 Å². The lowest BCUT2D eigenvalue weighted by Gasteiger charge is -2.06. The number of carbonyl (C=O) groups excluding carboxylic acids is 1. The lowest BCUT2D eigenvalue weighted by atomic mass is 10.1. The molecule has 0 heterocycles. The number of hydrogen-bond acceptors (Lipinski definition) is 4. The first-order chi connectivity index (χ1) is 8.68. The maximum atomic E-state index is 11.2. The molecule has 4 nitrogen and oxygen atoms in total. The standard InChI is InChI=1S/C14H29NO3/c1-13(2)14(16)12-18-11-7-10-17-9-6-4-5-8-15-3/h13,15H,4-12H2,1-3H3. The quantitative estimate of drug-likeness (QED) is 0.514. The highest BCUT2D eigenvalue weighted by Gasteiger charge is 2.06. The molecule has 0 spiro atoms. The van der Waals surface area contributed by atoms with Gasteiger partial charge in [-0.05, 0) is 39.3 Å². The third-order valence-corrected chi connectivity index (χ3v) is 2.68. The molecule has 0 aromatic rings. The Labute approximate surface area is 111 Å². The zero-order valence-corrected chi connectivity index (χ0v) is 12.2. The summed E-state index contributed by atoms with van der Waals surface area (Å²) in [4.78, 5) is 11.2. The van der Waals surface area contributed by atoms with Gasteiger partial charge >= 0.3 is 0 Å². The minimum atomic E-state index is 0.0684. The van der Waals surface area contributed by atoms with E-state index in [0.29, 0.717) is 6.61 Å². The predicted octanol–water partition coefficient (Wildman–Crippen LogP) is 2.02. The average Bonchev–Trinajstić information content (AvgIpc) is 2.35. The van der Waals surface area contributed by atoms with Gasteiger partial charge in [0.2, 0.25) is 0 Å². The molecule has 0 unspecified atom stereocenters. The molecule has 0 atom stereocenters. The average molecular weight is 259 g/mol. The van der Waals surface area contributed by atoms with E-state index < -0.39 is 0 Å². The maximum absolute atomic E-state index is 11.2. The molecule has 1 N–H and O–H groups in total. The van der Waals surface area contributed by atoms with Crippen LogP contribution in [-0.2, 0) is 14.3 Å². The number of rotatable bonds is 13. The van der Waals surface area contributed by atoms with E-state index >= 15 is 0 Å². The van der Waals surface area contributed by atoms with Crippen molar-refractivity contribution in [3.63, 3.8) is 0 Å². The molecule has 0 amide bonds. The predicted molar refractivity (Wildman–Crippen MR) is 73.9 cm³/mol. The molecule has 0 aliphatic heterocycles. The fourth-order valence-corrected chi connectivity index (χ4v) is 1.39. The highest BCUT2D eigenvalue weighted by Crippen LogP contribution is 1.97. The first-order valence-electron chi connectivity index (χ1n) is 7.01. The van der Waals surface area contributed by atoms with Gasteiger partial charge in [0.1, 0.15) is 6.61 Å². The molecular formula is C14H29NO3. The van der Waals surface area contributed by atoms with Gasteiger partial charge in [0.25, 0.3) is 0 Å². The summed E-state index contributed by atoms with van der Waals surface area (Å²) >= 11 is 0. The van der Waals surface area contributed by atoms with Crippen LogP contribution < -0.4 is 5.32 Å². The molecule has 0 saturated heterocycles. The molecule has 0 aromatic heterocycles. The maximum Gasteiger partial charge on any atom is 0.160 e. The Kier molecular flexibility index (Phi) is 12.7. The third-order valence-electron chi connectivity index (χ3n) is 2.68. The molecule has 108 valence electrons. The fourth-order valence-electron chi connectivity index (χ4n) is 1.39. The minimum absolute atomic E-state index is 0.0684. The molecule has 0 radical (unpaired) electrons. The van der Waals surface area contributed by atoms with Crippen LogP contribution in [0.4, 0.5) is 0 Å². The van der Waals surface area contributed by atoms with Gasteiger partial charge in [-0.3, -0.25) is 4.79 Å². The number of nitrogens with one attached hydrogen (secondary N) is 1. The Morgan fingerprint density at radius 2 is 1.67 bits per heavy atom. The van der Waals surface area contributed by atoms with Crippen molar-refractivity contribution in [2.75, 3.05) is 40.0 Å². The van der Waals surface area contributed by atoms with Crippen molar-refractivity contribution in [2.24, 2.45) is 5.92 Å². The monoisotopic (exact) mass is 259 g/mol. The van der Waals surface area contributed by atoms with Crippen LogP contribution in [0.15, 0.2) is 0 Å². The summed E-state index contributed by atoms with van der Waals surface area (Å²) in [5.74, 6) is 0.235. The second-order valence-electron chi connectivity index (χ2n) is 4.80. The Morgan fingerprint density at radius 3 is 2.33 bits per heavy atom. The van der Waals surface area contributed by atoms with E-state index in [1.54, 1.807) is 0 Å². The van der Waals surface area contributed by atoms with E-state index in [1.165, 1.54) is 12.8 Å². The number of ether oxygens (including phenoxy) is 2. The molecule has 0 aliphatic carbocycles. The van der Waals surface area contributed by atoms with Crippen molar-refractivity contribution >= 4 is 5.78 Å². The lowest BCUT2D eigenvalue weighted by molar-refractivity contribution is -0.126. The van der Waals surface area contributed by atoms with Crippen LogP contribution in [0.2, 0.25) is 0 Å². The van der Waals surface area contributed by atoms with Gasteiger partial charge < -0.3 is 14.8 Å². The van der Waals surface area contributed by atoms with E-state index in [4.69, 9.17) is 9.47 Å². The number of ketones is 1. The molecule has 0 saturated carbocycles. The van der Waals surface area contributed by atoms with Crippen molar-refractivity contribution in [1.29, 1.82) is 0 Å². The Balaban J connectivity index is 3.05. The van der Waals surface area contributed by atoms with Crippen LogP contribution in [0, 0.1) is 5.92 Å². The molecule has 0 rings (SSSR count). The van der Waals surface area contributed by atoms with Crippen LogP contribution in [0.3, 0.4) is 0 Å². The normalized spacial score (nSPS) is 11.1. The van der Waals surface area contributed by atoms with E-state index in [9.17, 15) is 4.79 Å². The third kappa shape index (κ3) is 12.0. The van der Waals surface area contributed by atoms with E-state index in [1.807, 2.05) is 20.9 Å². The van der Waals surface area contributed by atoms with Crippen LogP contribution in [0.1, 0.15) is 39.5 Å². The largest absolute Gasteiger partial charge is 0.381 e. The van der Waals surface area contributed by atoms with Gasteiger partial charge in [0, 0.05) is 25.7 Å². The summed E-state index contributed by atoms with van der Waals surface area (Å²) in [7, 11) is 1.97. The van der Waals surface area contributed by atoms with Gasteiger partial charge in [-0.1, -0.05) is 13.8 Å². The summed E-state index contributed by atoms with van der Waals surface area (Å²) in [6.45, 7) is 7.26. The summed E-state index contributed by atoms with van der Waals surface area (Å²) in [5, 5.41) is 3.12. The Bertz CT molecular complexity index is 195. The molecular weight excluding hydrogens is 230 g/mol. The Hall–Kier alpha value is -0.450. The lowest BCUT2D eigenvalue weighted by Crippen LogP contribution is -2.15. The highest BCUT2D eigenvalue weighted by molar-refractivity contribution is 5.81. The van der Waals surface area contributed by atoms with E-state index in [2.05, 4.69) is 5.32 Å². The minimum Gasteiger partial charge on any atom is -0.381 e. The van der Waals surface area contributed by atoms with Crippen molar-refractivity contribution in [2.45, 2.75) is 39.5 Å². The van der Waals surface area contributed by atoms with Crippen LogP contribution >= 0.6 is 0 Å². The van der Waals surface area contributed by atoms with Crippen LogP contribution in [0.25, 0.3) is 0 Å². The number of unbranched alkanes of at least 4 members (excludes halogenated alkanes) is 2. The van der Waals surface area contributed by atoms with Gasteiger partial charge in [-0.2, -0.15) is 0 Å². The second-order valence-corrected chi connectivity index (χ2v) is 4.80. The number of hydrogen-bond donors (Lipinski definition) is 1. The van der Waals surface area contributed by atoms with Crippen LogP contribution in [-0.4, -0.2) is 45.8 Å². The number of carbonyl (C=O) groups is 1. The van der Waals surface area contributed by atoms with Gasteiger partial charge in [-0.25, -0.2) is 0 Å². The molecule has 0 bridgehead atoms. The summed E-state index contributed by atoms with van der Waals surface area (Å²) in [6.07, 6.45) is 4.40. The van der Waals surface area contributed by atoms with E-state index in [0.717, 1.165) is 32.6 Å². The summed E-state index contributed by atoms with van der Waals surface area (Å²) < 4.78 is 10.8. The molecule has 0 aromatic carbocycles. The van der Waals surface area contributed by atoms with Gasteiger partial charge in [0.15, 0.2) is 5.78 Å². The van der Waals surface area contributed by atoms with Crippen molar-refractivity contribution in [3.05, 3.63) is 0 Å². The SMILES string of the molecule is CNCCCCCOCCCOCC(=O)C(C)C. The second kappa shape index (κ2) is 13.0.